The highest BCUT2D eigenvalue weighted by Gasteiger charge is 2.19. The van der Waals surface area contributed by atoms with Crippen molar-refractivity contribution in [2.24, 2.45) is 0 Å². The SMILES string of the molecule is N#Cc1ccc(Oc2cccc(C=C3CCC(NC(=O)c4cccnc4)CC3)c2)nc1. The summed E-state index contributed by atoms with van der Waals surface area (Å²) in [6.45, 7) is 0. The van der Waals surface area contributed by atoms with Gasteiger partial charge in [0, 0.05) is 30.7 Å². The summed E-state index contributed by atoms with van der Waals surface area (Å²) in [6, 6.07) is 17.0. The number of pyridine rings is 2. The molecule has 0 aliphatic heterocycles. The number of amides is 1. The second kappa shape index (κ2) is 9.68. The van der Waals surface area contributed by atoms with Crippen molar-refractivity contribution in [3.8, 4) is 17.7 Å². The first-order valence-corrected chi connectivity index (χ1v) is 10.2. The number of hydrogen-bond donors (Lipinski definition) is 1. The number of benzene rings is 1. The van der Waals surface area contributed by atoms with Gasteiger partial charge in [0.15, 0.2) is 0 Å². The van der Waals surface area contributed by atoms with Crippen LogP contribution >= 0.6 is 0 Å². The molecule has 0 atom stereocenters. The monoisotopic (exact) mass is 410 g/mol. The summed E-state index contributed by atoms with van der Waals surface area (Å²) in [5.41, 5.74) is 3.52. The zero-order valence-electron chi connectivity index (χ0n) is 17.0. The molecule has 6 heteroatoms. The van der Waals surface area contributed by atoms with Gasteiger partial charge in [-0.2, -0.15) is 5.26 Å². The number of nitrogens with zero attached hydrogens (tertiary/aromatic N) is 3. The van der Waals surface area contributed by atoms with Gasteiger partial charge in [0.05, 0.1) is 11.1 Å². The quantitative estimate of drug-likeness (QED) is 0.647. The summed E-state index contributed by atoms with van der Waals surface area (Å²) in [5, 5.41) is 12.0. The highest BCUT2D eigenvalue weighted by atomic mass is 16.5. The van der Waals surface area contributed by atoms with Crippen LogP contribution in [0.25, 0.3) is 6.08 Å². The average molecular weight is 410 g/mol. The Kier molecular flexibility index (Phi) is 6.34. The fourth-order valence-corrected chi connectivity index (χ4v) is 3.57. The van der Waals surface area contributed by atoms with E-state index >= 15 is 0 Å². The number of carbonyl (C=O) groups is 1. The van der Waals surface area contributed by atoms with Crippen LogP contribution in [0.15, 0.2) is 72.7 Å². The third kappa shape index (κ3) is 5.55. The normalized spacial score (nSPS) is 15.6. The molecular weight excluding hydrogens is 388 g/mol. The minimum absolute atomic E-state index is 0.0632. The van der Waals surface area contributed by atoms with Crippen LogP contribution in [0.2, 0.25) is 0 Å². The van der Waals surface area contributed by atoms with Gasteiger partial charge >= 0.3 is 0 Å². The Balaban J connectivity index is 1.34. The number of nitrogens with one attached hydrogen (secondary N) is 1. The van der Waals surface area contributed by atoms with E-state index in [9.17, 15) is 4.79 Å². The van der Waals surface area contributed by atoms with Crippen LogP contribution in [-0.4, -0.2) is 21.9 Å². The van der Waals surface area contributed by atoms with E-state index in [1.54, 1.807) is 36.7 Å². The lowest BCUT2D eigenvalue weighted by molar-refractivity contribution is 0.0930. The maximum atomic E-state index is 12.3. The molecule has 2 heterocycles. The van der Waals surface area contributed by atoms with Gasteiger partial charge in [-0.15, -0.1) is 0 Å². The Morgan fingerprint density at radius 2 is 2.00 bits per heavy atom. The van der Waals surface area contributed by atoms with Crippen molar-refractivity contribution in [3.63, 3.8) is 0 Å². The number of allylic oxidation sites excluding steroid dienone is 1. The summed E-state index contributed by atoms with van der Waals surface area (Å²) >= 11 is 0. The molecule has 0 saturated heterocycles. The van der Waals surface area contributed by atoms with Crippen LogP contribution in [-0.2, 0) is 0 Å². The van der Waals surface area contributed by atoms with E-state index in [0.717, 1.165) is 31.2 Å². The van der Waals surface area contributed by atoms with Crippen LogP contribution in [0.1, 0.15) is 47.2 Å². The van der Waals surface area contributed by atoms with E-state index in [0.29, 0.717) is 22.8 Å². The first kappa shape index (κ1) is 20.3. The van der Waals surface area contributed by atoms with E-state index < -0.39 is 0 Å². The first-order valence-electron chi connectivity index (χ1n) is 10.2. The Bertz CT molecular complexity index is 1110. The smallest absolute Gasteiger partial charge is 0.253 e. The number of rotatable bonds is 5. The third-order valence-corrected chi connectivity index (χ3v) is 5.20. The fraction of sp³-hybridized carbons (Fsp3) is 0.200. The number of nitriles is 1. The van der Waals surface area contributed by atoms with Gasteiger partial charge in [-0.05, 0) is 61.6 Å². The minimum Gasteiger partial charge on any atom is -0.439 e. The molecule has 1 N–H and O–H groups in total. The number of ether oxygens (including phenoxy) is 1. The molecule has 4 rings (SSSR count). The largest absolute Gasteiger partial charge is 0.439 e. The van der Waals surface area contributed by atoms with Gasteiger partial charge in [-0.3, -0.25) is 9.78 Å². The molecule has 1 aliphatic carbocycles. The molecule has 1 aliphatic rings. The minimum atomic E-state index is -0.0632. The highest BCUT2D eigenvalue weighted by molar-refractivity contribution is 5.94. The van der Waals surface area contributed by atoms with Gasteiger partial charge < -0.3 is 10.1 Å². The van der Waals surface area contributed by atoms with Gasteiger partial charge in [0.1, 0.15) is 11.8 Å². The number of aromatic nitrogens is 2. The van der Waals surface area contributed by atoms with Gasteiger partial charge in [-0.25, -0.2) is 4.98 Å². The van der Waals surface area contributed by atoms with Gasteiger partial charge in [0.25, 0.3) is 5.91 Å². The van der Waals surface area contributed by atoms with Crippen molar-refractivity contribution in [2.45, 2.75) is 31.7 Å². The zero-order chi connectivity index (χ0) is 21.5. The van der Waals surface area contributed by atoms with Crippen molar-refractivity contribution in [1.29, 1.82) is 5.26 Å². The molecule has 0 radical (unpaired) electrons. The maximum absolute atomic E-state index is 12.3. The van der Waals surface area contributed by atoms with Crippen LogP contribution in [0.5, 0.6) is 11.6 Å². The van der Waals surface area contributed by atoms with E-state index in [1.807, 2.05) is 30.3 Å². The summed E-state index contributed by atoms with van der Waals surface area (Å²) in [4.78, 5) is 20.5. The molecule has 6 nitrogen and oxygen atoms in total. The third-order valence-electron chi connectivity index (χ3n) is 5.20. The predicted octanol–water partition coefficient (Wildman–Crippen LogP) is 4.90. The summed E-state index contributed by atoms with van der Waals surface area (Å²) in [7, 11) is 0. The molecule has 0 spiro atoms. The average Bonchev–Trinajstić information content (AvgIpc) is 2.82. The topological polar surface area (TPSA) is 87.9 Å². The van der Waals surface area contributed by atoms with Crippen molar-refractivity contribution >= 4 is 12.0 Å². The Labute approximate surface area is 181 Å². The van der Waals surface area contributed by atoms with E-state index in [-0.39, 0.29) is 11.9 Å². The van der Waals surface area contributed by atoms with Crippen molar-refractivity contribution in [1.82, 2.24) is 15.3 Å². The Morgan fingerprint density at radius 3 is 2.71 bits per heavy atom. The lowest BCUT2D eigenvalue weighted by Gasteiger charge is -2.25. The predicted molar refractivity (Wildman–Crippen MR) is 117 cm³/mol. The zero-order valence-corrected chi connectivity index (χ0v) is 17.0. The van der Waals surface area contributed by atoms with Crippen LogP contribution in [0.4, 0.5) is 0 Å². The fourth-order valence-electron chi connectivity index (χ4n) is 3.57. The Hall–Kier alpha value is -3.98. The van der Waals surface area contributed by atoms with Crippen molar-refractivity contribution in [2.75, 3.05) is 0 Å². The molecule has 0 bridgehead atoms. The van der Waals surface area contributed by atoms with E-state index in [1.165, 1.54) is 11.8 Å². The molecule has 1 amide bonds. The maximum Gasteiger partial charge on any atom is 0.253 e. The van der Waals surface area contributed by atoms with Crippen molar-refractivity contribution in [3.05, 3.63) is 89.4 Å². The molecule has 2 aromatic heterocycles. The van der Waals surface area contributed by atoms with Crippen molar-refractivity contribution < 1.29 is 9.53 Å². The second-order valence-electron chi connectivity index (χ2n) is 7.46. The standard InChI is InChI=1S/C25H22N4O2/c26-15-20-8-11-24(28-16-20)31-23-5-1-3-19(14-23)13-18-6-9-22(10-7-18)29-25(30)21-4-2-12-27-17-21/h1-5,8,11-14,16-17,22H,6-7,9-10H2,(H,29,30). The highest BCUT2D eigenvalue weighted by Crippen LogP contribution is 2.27. The molecule has 1 aromatic carbocycles. The molecule has 1 saturated carbocycles. The van der Waals surface area contributed by atoms with Crippen LogP contribution < -0.4 is 10.1 Å². The summed E-state index contributed by atoms with van der Waals surface area (Å²) < 4.78 is 5.81. The molecule has 0 unspecified atom stereocenters. The molecule has 31 heavy (non-hydrogen) atoms. The molecule has 3 aromatic rings. The second-order valence-corrected chi connectivity index (χ2v) is 7.46. The molecular formula is C25H22N4O2. The van der Waals surface area contributed by atoms with Crippen LogP contribution in [0, 0.1) is 11.3 Å². The number of carbonyl (C=O) groups excluding carboxylic acids is 1. The summed E-state index contributed by atoms with van der Waals surface area (Å²) in [5.74, 6) is 1.09. The Morgan fingerprint density at radius 1 is 1.13 bits per heavy atom. The lowest BCUT2D eigenvalue weighted by atomic mass is 9.89. The molecule has 154 valence electrons. The molecule has 1 fully saturated rings. The lowest BCUT2D eigenvalue weighted by Crippen LogP contribution is -2.36. The van der Waals surface area contributed by atoms with E-state index in [4.69, 9.17) is 10.00 Å². The van der Waals surface area contributed by atoms with Gasteiger partial charge in [-0.1, -0.05) is 23.8 Å². The van der Waals surface area contributed by atoms with Crippen LogP contribution in [0.3, 0.4) is 0 Å². The summed E-state index contributed by atoms with van der Waals surface area (Å²) in [6.07, 6.45) is 10.7. The van der Waals surface area contributed by atoms with E-state index in [2.05, 4.69) is 21.4 Å². The van der Waals surface area contributed by atoms with Gasteiger partial charge in [0.2, 0.25) is 5.88 Å². The first-order chi connectivity index (χ1) is 15.2. The number of hydrogen-bond acceptors (Lipinski definition) is 5.